The van der Waals surface area contributed by atoms with E-state index in [2.05, 4.69) is 4.90 Å². The number of aryl methyl sites for hydroxylation is 1. The van der Waals surface area contributed by atoms with Crippen molar-refractivity contribution in [2.75, 3.05) is 6.54 Å². The molecule has 2 fully saturated rings. The van der Waals surface area contributed by atoms with Gasteiger partial charge in [-0.1, -0.05) is 23.7 Å². The number of hydrogen-bond donors (Lipinski definition) is 2. The van der Waals surface area contributed by atoms with Gasteiger partial charge in [-0.3, -0.25) is 9.69 Å². The van der Waals surface area contributed by atoms with Crippen molar-refractivity contribution in [3.05, 3.63) is 63.7 Å². The number of nitrogens with zero attached hydrogens (tertiary/aromatic N) is 1. The lowest BCUT2D eigenvalue weighted by Gasteiger charge is -2.40. The molecule has 0 spiro atoms. The highest BCUT2D eigenvalue weighted by Crippen LogP contribution is 2.50. The van der Waals surface area contributed by atoms with Crippen LogP contribution in [0.2, 0.25) is 5.02 Å². The van der Waals surface area contributed by atoms with Gasteiger partial charge >= 0.3 is 12.1 Å². The first-order valence-electron chi connectivity index (χ1n) is 12.8. The Morgan fingerprint density at radius 1 is 1.16 bits per heavy atom. The van der Waals surface area contributed by atoms with Gasteiger partial charge in [0, 0.05) is 29.6 Å². The second kappa shape index (κ2) is 9.79. The van der Waals surface area contributed by atoms with Crippen LogP contribution in [-0.2, 0) is 17.4 Å². The largest absolute Gasteiger partial charge is 0.490 e. The number of aliphatic hydroxyl groups excluding tert-OH is 1. The van der Waals surface area contributed by atoms with Crippen LogP contribution < -0.4 is 4.74 Å². The summed E-state index contributed by atoms with van der Waals surface area (Å²) in [4.78, 5) is 13.5. The molecule has 9 heteroatoms. The Morgan fingerprint density at radius 2 is 1.92 bits per heavy atom. The standard InChI is InChI=1S/C28H31ClF3NO4/c1-14(27(35)36)26(34)17-4-3-16-5-8-24(37-25(16)10-17)22-12-20-9-18(22)13-33(20)15(2)21-11-19(29)6-7-23(21)28(30,31)32/h3-4,6-7,10-11,14-15,18,20,22,24,26,34H,5,8-9,12-13H2,1-2H3,(H,35,36)/t14-,15?,18?,20?,22?,24?,26+/m0/s1. The average Bonchev–Trinajstić information content (AvgIpc) is 3.47. The van der Waals surface area contributed by atoms with Crippen molar-refractivity contribution < 1.29 is 32.9 Å². The minimum atomic E-state index is -4.44. The zero-order valence-corrected chi connectivity index (χ0v) is 21.5. The van der Waals surface area contributed by atoms with E-state index in [0.717, 1.165) is 37.3 Å². The van der Waals surface area contributed by atoms with Gasteiger partial charge in [-0.15, -0.1) is 0 Å². The summed E-state index contributed by atoms with van der Waals surface area (Å²) in [5.74, 6) is -0.687. The minimum absolute atomic E-state index is 0.0128. The lowest BCUT2D eigenvalue weighted by Crippen LogP contribution is -2.43. The zero-order valence-electron chi connectivity index (χ0n) is 20.7. The quantitative estimate of drug-likeness (QED) is 0.454. The van der Waals surface area contributed by atoms with E-state index in [-0.39, 0.29) is 17.7 Å². The molecule has 2 heterocycles. The van der Waals surface area contributed by atoms with Crippen molar-refractivity contribution in [1.29, 1.82) is 0 Å². The number of likely N-dealkylation sites (tertiary alicyclic amines) is 1. The van der Waals surface area contributed by atoms with Crippen molar-refractivity contribution >= 4 is 17.6 Å². The third-order valence-electron chi connectivity index (χ3n) is 8.66. The maximum atomic E-state index is 13.7. The molecule has 5 nitrogen and oxygen atoms in total. The van der Waals surface area contributed by atoms with Crippen molar-refractivity contribution in [2.24, 2.45) is 17.8 Å². The number of fused-ring (bicyclic) bond motifs is 3. The molecule has 2 N–H and O–H groups in total. The van der Waals surface area contributed by atoms with Crippen LogP contribution in [0.25, 0.3) is 0 Å². The topological polar surface area (TPSA) is 70.0 Å². The smallest absolute Gasteiger partial charge is 0.416 e. The molecule has 0 radical (unpaired) electrons. The van der Waals surface area contributed by atoms with Gasteiger partial charge in [0.05, 0.1) is 17.6 Å². The first kappa shape index (κ1) is 26.3. The number of hydrogen-bond acceptors (Lipinski definition) is 4. The molecule has 1 aliphatic carbocycles. The highest BCUT2D eigenvalue weighted by molar-refractivity contribution is 6.30. The van der Waals surface area contributed by atoms with Crippen LogP contribution in [0.5, 0.6) is 5.75 Å². The molecule has 2 aromatic carbocycles. The number of piperidine rings is 1. The number of carboxylic acids is 1. The lowest BCUT2D eigenvalue weighted by molar-refractivity contribution is -0.145. The fraction of sp³-hybridized carbons (Fsp3) is 0.536. The highest BCUT2D eigenvalue weighted by atomic mass is 35.5. The molecule has 3 aliphatic rings. The van der Waals surface area contributed by atoms with Crippen LogP contribution in [0.15, 0.2) is 36.4 Å². The van der Waals surface area contributed by atoms with Gasteiger partial charge in [0.15, 0.2) is 0 Å². The Balaban J connectivity index is 1.29. The van der Waals surface area contributed by atoms with Gasteiger partial charge in [-0.25, -0.2) is 0 Å². The van der Waals surface area contributed by atoms with E-state index in [0.29, 0.717) is 34.7 Å². The number of halogens is 4. The summed E-state index contributed by atoms with van der Waals surface area (Å²) in [6, 6.07) is 8.99. The summed E-state index contributed by atoms with van der Waals surface area (Å²) in [5, 5.41) is 20.0. The van der Waals surface area contributed by atoms with E-state index in [1.54, 1.807) is 12.1 Å². The third kappa shape index (κ3) is 4.95. The van der Waals surface area contributed by atoms with Crippen LogP contribution in [0.4, 0.5) is 13.2 Å². The summed E-state index contributed by atoms with van der Waals surface area (Å²) >= 11 is 6.08. The molecular weight excluding hydrogens is 507 g/mol. The average molecular weight is 538 g/mol. The van der Waals surface area contributed by atoms with Gasteiger partial charge in [0.2, 0.25) is 0 Å². The van der Waals surface area contributed by atoms with Crippen molar-refractivity contribution in [1.82, 2.24) is 4.90 Å². The Bertz CT molecular complexity index is 1190. The molecule has 2 bridgehead atoms. The fourth-order valence-electron chi connectivity index (χ4n) is 6.59. The SMILES string of the molecule is CC(c1cc(Cl)ccc1C(F)(F)F)N1CC2CC1CC2C1CCc2ccc([C@H](O)[C@H](C)C(=O)O)cc2O1. The summed E-state index contributed by atoms with van der Waals surface area (Å²) in [5.41, 5.74) is 1.14. The number of carbonyl (C=O) groups is 1. The fourth-order valence-corrected chi connectivity index (χ4v) is 6.77. The number of benzene rings is 2. The van der Waals surface area contributed by atoms with Gasteiger partial charge in [0.25, 0.3) is 0 Å². The summed E-state index contributed by atoms with van der Waals surface area (Å²) in [7, 11) is 0. The predicted octanol–water partition coefficient (Wildman–Crippen LogP) is 6.28. The summed E-state index contributed by atoms with van der Waals surface area (Å²) in [6.45, 7) is 4.01. The first-order valence-corrected chi connectivity index (χ1v) is 13.1. The van der Waals surface area contributed by atoms with E-state index in [1.807, 2.05) is 13.0 Å². The molecule has 1 saturated carbocycles. The van der Waals surface area contributed by atoms with E-state index in [1.165, 1.54) is 19.1 Å². The zero-order chi connectivity index (χ0) is 26.6. The van der Waals surface area contributed by atoms with Crippen LogP contribution in [0.1, 0.15) is 67.5 Å². The molecule has 1 saturated heterocycles. The Kier molecular flexibility index (Phi) is 6.96. The molecule has 200 valence electrons. The number of alkyl halides is 3. The highest BCUT2D eigenvalue weighted by Gasteiger charge is 2.50. The van der Waals surface area contributed by atoms with Gasteiger partial charge in [0.1, 0.15) is 11.9 Å². The van der Waals surface area contributed by atoms with Crippen molar-refractivity contribution in [3.63, 3.8) is 0 Å². The number of aliphatic hydroxyl groups is 1. The molecule has 7 atom stereocenters. The Morgan fingerprint density at radius 3 is 2.57 bits per heavy atom. The first-order chi connectivity index (χ1) is 17.4. The van der Waals surface area contributed by atoms with Gasteiger partial charge in [-0.05, 0) is 86.4 Å². The Hall–Kier alpha value is -2.29. The maximum absolute atomic E-state index is 13.7. The van der Waals surface area contributed by atoms with Crippen LogP contribution in [-0.4, -0.2) is 39.8 Å². The monoisotopic (exact) mass is 537 g/mol. The second-order valence-corrected chi connectivity index (χ2v) is 11.2. The number of rotatable bonds is 6. The molecule has 5 unspecified atom stereocenters. The maximum Gasteiger partial charge on any atom is 0.416 e. The van der Waals surface area contributed by atoms with Crippen LogP contribution in [0, 0.1) is 17.8 Å². The third-order valence-corrected chi connectivity index (χ3v) is 8.89. The van der Waals surface area contributed by atoms with Gasteiger partial charge < -0.3 is 14.9 Å². The number of ether oxygens (including phenoxy) is 1. The lowest BCUT2D eigenvalue weighted by atomic mass is 9.84. The minimum Gasteiger partial charge on any atom is -0.490 e. The van der Waals surface area contributed by atoms with Crippen molar-refractivity contribution in [3.8, 4) is 5.75 Å². The predicted molar refractivity (Wildman–Crippen MR) is 133 cm³/mol. The Labute approximate surface area is 219 Å². The molecule has 0 aromatic heterocycles. The van der Waals surface area contributed by atoms with Crippen LogP contribution >= 0.6 is 11.6 Å². The summed E-state index contributed by atoms with van der Waals surface area (Å²) < 4.78 is 47.5. The molecule has 2 aliphatic heterocycles. The van der Waals surface area contributed by atoms with E-state index < -0.39 is 35.8 Å². The normalized spacial score (nSPS) is 27.9. The van der Waals surface area contributed by atoms with Crippen molar-refractivity contribution in [2.45, 2.75) is 70.0 Å². The molecule has 5 rings (SSSR count). The molecule has 0 amide bonds. The number of carboxylic acid groups (broad SMARTS) is 1. The van der Waals surface area contributed by atoms with E-state index in [9.17, 15) is 28.2 Å². The van der Waals surface area contributed by atoms with Crippen LogP contribution in [0.3, 0.4) is 0 Å². The summed E-state index contributed by atoms with van der Waals surface area (Å²) in [6.07, 6.45) is -2.10. The van der Waals surface area contributed by atoms with E-state index >= 15 is 0 Å². The van der Waals surface area contributed by atoms with E-state index in [4.69, 9.17) is 16.3 Å². The second-order valence-electron chi connectivity index (χ2n) is 10.8. The van der Waals surface area contributed by atoms with Gasteiger partial charge in [-0.2, -0.15) is 13.2 Å². The molecule has 2 aromatic rings. The molecular formula is C28H31ClF3NO4. The molecule has 37 heavy (non-hydrogen) atoms. The number of aliphatic carboxylic acids is 1.